The van der Waals surface area contributed by atoms with Crippen molar-refractivity contribution in [3.05, 3.63) is 102 Å². The van der Waals surface area contributed by atoms with Crippen molar-refractivity contribution in [1.29, 1.82) is 5.26 Å². The first-order valence-corrected chi connectivity index (χ1v) is 13.4. The van der Waals surface area contributed by atoms with E-state index in [9.17, 15) is 9.59 Å². The van der Waals surface area contributed by atoms with Crippen LogP contribution in [0.15, 0.2) is 84.9 Å². The maximum atomic E-state index is 13.3. The first-order chi connectivity index (χ1) is 19.1. The van der Waals surface area contributed by atoms with E-state index in [0.717, 1.165) is 51.8 Å². The zero-order valence-electron chi connectivity index (χ0n) is 22.1. The number of carbonyl (C=O) groups excluding carboxylic acids is 2. The van der Waals surface area contributed by atoms with Crippen LogP contribution in [0.2, 0.25) is 0 Å². The molecule has 0 aliphatic carbocycles. The summed E-state index contributed by atoms with van der Waals surface area (Å²) in [5, 5.41) is 11.2. The third-order valence-corrected chi connectivity index (χ3v) is 7.15. The van der Waals surface area contributed by atoms with Gasteiger partial charge in [0.05, 0.1) is 18.2 Å². The van der Waals surface area contributed by atoms with Crippen LogP contribution in [0.4, 0.5) is 17.1 Å². The second-order valence-electron chi connectivity index (χ2n) is 9.66. The zero-order valence-corrected chi connectivity index (χ0v) is 22.1. The Labute approximate surface area is 229 Å². The number of anilines is 3. The largest absolute Gasteiger partial charge is 0.465 e. The van der Waals surface area contributed by atoms with Crippen molar-refractivity contribution in [2.75, 3.05) is 29.5 Å². The minimum atomic E-state index is -0.289. The number of fused-ring (bicyclic) bond motifs is 2. The normalized spacial score (nSPS) is 12.5. The predicted molar refractivity (Wildman–Crippen MR) is 154 cm³/mol. The molecule has 39 heavy (non-hydrogen) atoms. The highest BCUT2D eigenvalue weighted by Gasteiger charge is 2.24. The molecule has 0 saturated heterocycles. The van der Waals surface area contributed by atoms with Crippen LogP contribution in [0.1, 0.15) is 36.5 Å². The molecule has 5 rings (SSSR count). The number of nitriles is 1. The monoisotopic (exact) mass is 517 g/mol. The summed E-state index contributed by atoms with van der Waals surface area (Å²) in [4.78, 5) is 29.8. The SMILES string of the molecule is CCOC(=O)CN(c1ccc2c(c1)CCCN2C(=O)CCc1ccc(C#N)cc1)c1cccc2ccccc12. The van der Waals surface area contributed by atoms with E-state index in [1.165, 1.54) is 0 Å². The molecule has 0 radical (unpaired) electrons. The van der Waals surface area contributed by atoms with E-state index in [-0.39, 0.29) is 18.4 Å². The molecule has 6 nitrogen and oxygen atoms in total. The van der Waals surface area contributed by atoms with Gasteiger partial charge >= 0.3 is 5.97 Å². The zero-order chi connectivity index (χ0) is 27.2. The molecule has 1 heterocycles. The maximum absolute atomic E-state index is 13.3. The van der Waals surface area contributed by atoms with Crippen LogP contribution in [-0.2, 0) is 27.2 Å². The summed E-state index contributed by atoms with van der Waals surface area (Å²) in [6, 6.07) is 29.9. The van der Waals surface area contributed by atoms with Crippen molar-refractivity contribution in [2.24, 2.45) is 0 Å². The number of amides is 1. The smallest absolute Gasteiger partial charge is 0.325 e. The minimum absolute atomic E-state index is 0.0884. The lowest BCUT2D eigenvalue weighted by Crippen LogP contribution is -2.35. The van der Waals surface area contributed by atoms with E-state index in [1.807, 2.05) is 65.3 Å². The molecule has 0 unspecified atom stereocenters. The van der Waals surface area contributed by atoms with Gasteiger partial charge in [-0.05, 0) is 79.1 Å². The van der Waals surface area contributed by atoms with Gasteiger partial charge in [0.15, 0.2) is 0 Å². The molecule has 0 spiro atoms. The summed E-state index contributed by atoms with van der Waals surface area (Å²) in [5.74, 6) is -0.201. The van der Waals surface area contributed by atoms with Crippen LogP contribution in [0.5, 0.6) is 0 Å². The lowest BCUT2D eigenvalue weighted by atomic mass is 9.99. The molecule has 1 aliphatic rings. The Morgan fingerprint density at radius 2 is 1.79 bits per heavy atom. The molecule has 1 amide bonds. The lowest BCUT2D eigenvalue weighted by Gasteiger charge is -2.32. The predicted octanol–water partition coefficient (Wildman–Crippen LogP) is 6.32. The second kappa shape index (κ2) is 11.8. The molecule has 0 saturated carbocycles. The van der Waals surface area contributed by atoms with Crippen molar-refractivity contribution in [3.8, 4) is 6.07 Å². The van der Waals surface area contributed by atoms with Crippen molar-refractivity contribution in [3.63, 3.8) is 0 Å². The van der Waals surface area contributed by atoms with Crippen LogP contribution in [0.3, 0.4) is 0 Å². The Balaban J connectivity index is 1.42. The summed E-state index contributed by atoms with van der Waals surface area (Å²) in [5.41, 5.74) is 5.52. The molecular formula is C33H31N3O3. The highest BCUT2D eigenvalue weighted by Crippen LogP contribution is 2.36. The third kappa shape index (κ3) is 5.78. The molecule has 0 atom stereocenters. The highest BCUT2D eigenvalue weighted by atomic mass is 16.5. The molecule has 0 aromatic heterocycles. The average Bonchev–Trinajstić information content (AvgIpc) is 2.98. The average molecular weight is 518 g/mol. The topological polar surface area (TPSA) is 73.6 Å². The Bertz CT molecular complexity index is 1530. The number of nitrogens with zero attached hydrogens (tertiary/aromatic N) is 3. The number of carbonyl (C=O) groups is 2. The summed E-state index contributed by atoms with van der Waals surface area (Å²) >= 11 is 0. The van der Waals surface area contributed by atoms with Gasteiger partial charge in [-0.25, -0.2) is 0 Å². The quantitative estimate of drug-likeness (QED) is 0.256. The van der Waals surface area contributed by atoms with Gasteiger partial charge in [0.25, 0.3) is 0 Å². The first-order valence-electron chi connectivity index (χ1n) is 13.4. The Morgan fingerprint density at radius 1 is 1.00 bits per heavy atom. The highest BCUT2D eigenvalue weighted by molar-refractivity contribution is 5.98. The first kappa shape index (κ1) is 26.0. The molecular weight excluding hydrogens is 486 g/mol. The van der Waals surface area contributed by atoms with Crippen molar-refractivity contribution >= 4 is 39.7 Å². The number of hydrogen-bond acceptors (Lipinski definition) is 5. The molecule has 4 aromatic rings. The Hall–Kier alpha value is -4.63. The fraction of sp³-hybridized carbons (Fsp3) is 0.242. The summed E-state index contributed by atoms with van der Waals surface area (Å²) in [6.45, 7) is 2.92. The molecule has 196 valence electrons. The maximum Gasteiger partial charge on any atom is 0.325 e. The number of hydrogen-bond donors (Lipinski definition) is 0. The van der Waals surface area contributed by atoms with Crippen LogP contribution < -0.4 is 9.80 Å². The molecule has 0 bridgehead atoms. The summed E-state index contributed by atoms with van der Waals surface area (Å²) in [6.07, 6.45) is 2.78. The second-order valence-corrected chi connectivity index (χ2v) is 9.66. The van der Waals surface area contributed by atoms with Gasteiger partial charge in [0.2, 0.25) is 5.91 Å². The number of esters is 1. The molecule has 0 fully saturated rings. The van der Waals surface area contributed by atoms with E-state index >= 15 is 0 Å². The molecule has 4 aromatic carbocycles. The number of aryl methyl sites for hydroxylation is 2. The summed E-state index contributed by atoms with van der Waals surface area (Å²) in [7, 11) is 0. The number of rotatable bonds is 8. The van der Waals surface area contributed by atoms with Crippen LogP contribution >= 0.6 is 0 Å². The Kier molecular flexibility index (Phi) is 7.88. The molecule has 6 heteroatoms. The van der Waals surface area contributed by atoms with Crippen LogP contribution in [0.25, 0.3) is 10.8 Å². The van der Waals surface area contributed by atoms with Gasteiger partial charge in [-0.2, -0.15) is 5.26 Å². The van der Waals surface area contributed by atoms with E-state index in [0.29, 0.717) is 31.6 Å². The fourth-order valence-corrected chi connectivity index (χ4v) is 5.24. The standard InChI is InChI=1S/C33H31N3O3/c1-2-39-33(38)23-36(31-11-5-8-26-7-3-4-10-29(26)31)28-17-18-30-27(21-28)9-6-20-35(30)32(37)19-16-24-12-14-25(22-34)15-13-24/h3-5,7-8,10-15,17-18,21H,2,6,9,16,19-20,23H2,1H3. The molecule has 0 N–H and O–H groups in total. The number of benzene rings is 4. The van der Waals surface area contributed by atoms with Crippen LogP contribution in [0, 0.1) is 11.3 Å². The van der Waals surface area contributed by atoms with Gasteiger partial charge < -0.3 is 14.5 Å². The van der Waals surface area contributed by atoms with E-state index in [2.05, 4.69) is 30.3 Å². The Morgan fingerprint density at radius 3 is 2.59 bits per heavy atom. The lowest BCUT2D eigenvalue weighted by molar-refractivity contribution is -0.141. The van der Waals surface area contributed by atoms with Crippen molar-refractivity contribution in [2.45, 2.75) is 32.6 Å². The van der Waals surface area contributed by atoms with Crippen molar-refractivity contribution in [1.82, 2.24) is 0 Å². The van der Waals surface area contributed by atoms with Gasteiger partial charge in [-0.15, -0.1) is 0 Å². The van der Waals surface area contributed by atoms with Gasteiger partial charge in [-0.3, -0.25) is 9.59 Å². The van der Waals surface area contributed by atoms with Crippen LogP contribution in [-0.4, -0.2) is 31.6 Å². The van der Waals surface area contributed by atoms with Crippen molar-refractivity contribution < 1.29 is 14.3 Å². The van der Waals surface area contributed by atoms with Gasteiger partial charge in [0, 0.05) is 35.4 Å². The van der Waals surface area contributed by atoms with E-state index in [1.54, 1.807) is 12.1 Å². The molecule has 1 aliphatic heterocycles. The summed E-state index contributed by atoms with van der Waals surface area (Å²) < 4.78 is 5.32. The number of ether oxygens (including phenoxy) is 1. The fourth-order valence-electron chi connectivity index (χ4n) is 5.24. The van der Waals surface area contributed by atoms with E-state index < -0.39 is 0 Å². The third-order valence-electron chi connectivity index (χ3n) is 7.15. The van der Waals surface area contributed by atoms with E-state index in [4.69, 9.17) is 10.00 Å². The van der Waals surface area contributed by atoms with Gasteiger partial charge in [0.1, 0.15) is 6.54 Å². The van der Waals surface area contributed by atoms with Gasteiger partial charge in [-0.1, -0.05) is 48.5 Å². The minimum Gasteiger partial charge on any atom is -0.465 e.